The standard InChI is InChI=1S/C18H13BrF3N3O3S.3C18H13ClF3N3O3S.C18H14F3N3O3S/c1-29(27,28)17-23-14(8-15(24-17)18(20,21)22)12-5-6-16(26)25(10-12)9-11-3-2-4-13(19)7-11;1-29(27,28)17-23-14(8-15(24-17)18(20,21)22)12-4-7-16(26)25(10-12)9-11-2-5-13(19)6-3-11;1-29(27,28)17-23-14(8-15(24-17)18(20,21)22)12-5-6-16(26)25(10-12)9-11-3-2-4-13(19)7-11;1-29(27,28)17-23-14(8-15(24-17)18(20,21)22)12-6-7-16(26)25(10-12)9-11-4-2-3-5-13(11)19;1-28(26,27)17-22-14(9-15(23-17)18(19,20)21)13-7-8-16(25)24(11-13)10-12-5-3-2-4-6-12/h4*2-8,10H,9H2,1H3;2-9,11H,10H2,1H3. The predicted molar refractivity (Wildman–Crippen MR) is 500 cm³/mol. The quantitative estimate of drug-likeness (QED) is 0.0505. The highest BCUT2D eigenvalue weighted by Gasteiger charge is 2.40. The summed E-state index contributed by atoms with van der Waals surface area (Å²) in [5, 5.41) is -3.31. The molecular weight excluding hydrogens is 2160 g/mol. The lowest BCUT2D eigenvalue weighted by atomic mass is 10.1. The Kier molecular flexibility index (Phi) is 34.0. The number of rotatable bonds is 20. The van der Waals surface area contributed by atoms with Crippen molar-refractivity contribution in [2.24, 2.45) is 0 Å². The highest BCUT2D eigenvalue weighted by Crippen LogP contribution is 2.38. The average molecular weight is 2230 g/mol. The Morgan fingerprint density at radius 2 is 0.500 bits per heavy atom. The fraction of sp³-hybridized carbons (Fsp3) is 0.167. The van der Waals surface area contributed by atoms with Crippen LogP contribution in [-0.2, 0) is 113 Å². The van der Waals surface area contributed by atoms with E-state index in [9.17, 15) is 132 Å². The van der Waals surface area contributed by atoms with E-state index < -0.39 is 151 Å². The lowest BCUT2D eigenvalue weighted by Gasteiger charge is -2.12. The maximum absolute atomic E-state index is 13.2. The zero-order valence-corrected chi connectivity index (χ0v) is 81.7. The molecule has 0 saturated heterocycles. The van der Waals surface area contributed by atoms with Crippen LogP contribution in [0, 0.1) is 0 Å². The predicted octanol–water partition coefficient (Wildman–Crippen LogP) is 16.6. The average Bonchev–Trinajstić information content (AvgIpc) is 0.802. The molecule has 0 saturated carbocycles. The number of alkyl halides is 15. The third-order valence-electron chi connectivity index (χ3n) is 19.3. The molecule has 0 aliphatic carbocycles. The van der Waals surface area contributed by atoms with Crippen molar-refractivity contribution < 1.29 is 108 Å². The minimum Gasteiger partial charge on any atom is -0.310 e. The van der Waals surface area contributed by atoms with Gasteiger partial charge >= 0.3 is 30.9 Å². The lowest BCUT2D eigenvalue weighted by molar-refractivity contribution is -0.142. The Balaban J connectivity index is 0.000000172. The second-order valence-corrected chi connectivity index (χ2v) is 42.6. The van der Waals surface area contributed by atoms with E-state index >= 15 is 0 Å². The van der Waals surface area contributed by atoms with Gasteiger partial charge < -0.3 is 22.8 Å². The molecular formula is C90H66BrCl3F15N15O15S5. The van der Waals surface area contributed by atoms with Gasteiger partial charge in [-0.15, -0.1) is 0 Å². The second kappa shape index (κ2) is 44.3. The second-order valence-electron chi connectivity index (χ2n) is 30.8. The molecule has 754 valence electrons. The number of pyridine rings is 5. The number of hydrogen-bond acceptors (Lipinski definition) is 25. The Morgan fingerprint density at radius 3 is 0.764 bits per heavy atom. The largest absolute Gasteiger partial charge is 0.433 e. The van der Waals surface area contributed by atoms with Crippen LogP contribution in [0.3, 0.4) is 0 Å². The van der Waals surface area contributed by atoms with E-state index in [2.05, 4.69) is 65.8 Å². The maximum atomic E-state index is 13.2. The molecule has 144 heavy (non-hydrogen) atoms. The third kappa shape index (κ3) is 30.7. The summed E-state index contributed by atoms with van der Waals surface area (Å²) >= 11 is 21.2. The Labute approximate surface area is 828 Å². The van der Waals surface area contributed by atoms with Crippen LogP contribution >= 0.6 is 50.7 Å². The smallest absolute Gasteiger partial charge is 0.310 e. The van der Waals surface area contributed by atoms with Crippen molar-refractivity contribution in [2.45, 2.75) is 89.4 Å². The maximum Gasteiger partial charge on any atom is 0.433 e. The first-order valence-corrected chi connectivity index (χ1v) is 51.5. The van der Waals surface area contributed by atoms with Crippen molar-refractivity contribution in [3.05, 3.63) is 377 Å². The summed E-state index contributed by atoms with van der Waals surface area (Å²) < 4.78 is 322. The summed E-state index contributed by atoms with van der Waals surface area (Å²) in [7, 11) is -20.4. The summed E-state index contributed by atoms with van der Waals surface area (Å²) in [5.74, 6) is 0. The molecule has 5 aromatic carbocycles. The highest BCUT2D eigenvalue weighted by molar-refractivity contribution is 9.10. The van der Waals surface area contributed by atoms with Crippen LogP contribution in [0.15, 0.2) is 304 Å². The topological polar surface area (TPSA) is 410 Å². The fourth-order valence-electron chi connectivity index (χ4n) is 12.5. The van der Waals surface area contributed by atoms with E-state index in [4.69, 9.17) is 34.8 Å². The molecule has 0 bridgehead atoms. The molecule has 0 N–H and O–H groups in total. The molecule has 0 amide bonds. The van der Waals surface area contributed by atoms with Gasteiger partial charge in [-0.25, -0.2) is 91.9 Å². The third-order valence-corrected chi connectivity index (χ3v) is 24.9. The molecule has 54 heteroatoms. The van der Waals surface area contributed by atoms with Gasteiger partial charge in [0.1, 0.15) is 28.5 Å². The van der Waals surface area contributed by atoms with Crippen molar-refractivity contribution in [1.29, 1.82) is 0 Å². The zero-order valence-electron chi connectivity index (χ0n) is 73.8. The molecule has 0 atom stereocenters. The number of hydrogen-bond donors (Lipinski definition) is 0. The van der Waals surface area contributed by atoms with Crippen LogP contribution in [0.5, 0.6) is 0 Å². The Hall–Kier alpha value is -13.7. The SMILES string of the molecule is CS(=O)(=O)c1nc(-c2ccc(=O)n(Cc3ccc(Cl)cc3)c2)cc(C(F)(F)F)n1.CS(=O)(=O)c1nc(-c2ccc(=O)n(Cc3cccc(Br)c3)c2)cc(C(F)(F)F)n1.CS(=O)(=O)c1nc(-c2ccc(=O)n(Cc3cccc(Cl)c3)c2)cc(C(F)(F)F)n1.CS(=O)(=O)c1nc(-c2ccc(=O)n(Cc3ccccc3)c2)cc(C(F)(F)F)n1.CS(=O)(=O)c1nc(-c2ccc(=O)n(Cc3ccccc3Cl)c2)cc(C(F)(F)F)n1. The zero-order chi connectivity index (χ0) is 106. The molecule has 0 aliphatic heterocycles. The fourth-order valence-corrected chi connectivity index (χ4v) is 16.1. The van der Waals surface area contributed by atoms with Crippen LogP contribution in [0.4, 0.5) is 65.9 Å². The van der Waals surface area contributed by atoms with Gasteiger partial charge in [0.05, 0.1) is 61.2 Å². The van der Waals surface area contributed by atoms with Gasteiger partial charge in [-0.3, -0.25) is 24.0 Å². The summed E-state index contributed by atoms with van der Waals surface area (Å²) in [5.41, 5.74) is -5.82. The monoisotopic (exact) mass is 2230 g/mol. The van der Waals surface area contributed by atoms with Crippen LogP contribution in [0.25, 0.3) is 56.3 Å². The molecule has 0 unspecified atom stereocenters. The first kappa shape index (κ1) is 111. The van der Waals surface area contributed by atoms with Gasteiger partial charge in [0.15, 0.2) is 0 Å². The van der Waals surface area contributed by atoms with Crippen molar-refractivity contribution in [2.75, 3.05) is 31.3 Å². The lowest BCUT2D eigenvalue weighted by Crippen LogP contribution is -2.19. The summed E-state index contributed by atoms with van der Waals surface area (Å²) in [6.45, 7) is 0.692. The van der Waals surface area contributed by atoms with Gasteiger partial charge in [-0.05, 0) is 131 Å². The molecule has 30 nitrogen and oxygen atoms in total. The summed E-state index contributed by atoms with van der Waals surface area (Å²) in [6, 6.07) is 51.9. The first-order valence-electron chi connectivity index (χ1n) is 40.2. The van der Waals surface area contributed by atoms with E-state index in [1.807, 2.05) is 12.1 Å². The van der Waals surface area contributed by atoms with Crippen LogP contribution < -0.4 is 27.8 Å². The summed E-state index contributed by atoms with van der Waals surface area (Å²) in [4.78, 5) is 95.1. The van der Waals surface area contributed by atoms with E-state index in [0.29, 0.717) is 75.3 Å². The number of halogens is 19. The molecule has 10 heterocycles. The number of aromatic nitrogens is 15. The molecule has 15 aromatic rings. The molecule has 0 radical (unpaired) electrons. The molecule has 0 aliphatic rings. The van der Waals surface area contributed by atoms with Gasteiger partial charge in [-0.1, -0.05) is 136 Å². The van der Waals surface area contributed by atoms with Gasteiger partial charge in [0, 0.05) is 140 Å². The van der Waals surface area contributed by atoms with Crippen molar-refractivity contribution in [3.63, 3.8) is 0 Å². The highest BCUT2D eigenvalue weighted by atomic mass is 79.9. The van der Waals surface area contributed by atoms with Crippen molar-refractivity contribution in [1.82, 2.24) is 72.7 Å². The van der Waals surface area contributed by atoms with E-state index in [-0.39, 0.29) is 100 Å². The van der Waals surface area contributed by atoms with Gasteiger partial charge in [0.2, 0.25) is 75.0 Å². The van der Waals surface area contributed by atoms with Crippen LogP contribution in [0.1, 0.15) is 56.3 Å². The van der Waals surface area contributed by atoms with E-state index in [1.165, 1.54) is 102 Å². The number of benzene rings is 5. The van der Waals surface area contributed by atoms with Gasteiger partial charge in [0.25, 0.3) is 27.8 Å². The number of nitrogens with zero attached hydrogens (tertiary/aromatic N) is 15. The van der Waals surface area contributed by atoms with Crippen LogP contribution in [-0.4, -0.2) is 146 Å². The normalized spacial score (nSPS) is 12.2. The minimum atomic E-state index is -4.87. The van der Waals surface area contributed by atoms with Crippen molar-refractivity contribution >= 4 is 99.9 Å². The molecule has 0 spiro atoms. The molecule has 10 aromatic heterocycles. The van der Waals surface area contributed by atoms with Crippen molar-refractivity contribution in [3.8, 4) is 56.3 Å². The van der Waals surface area contributed by atoms with E-state index in [0.717, 1.165) is 45.8 Å². The molecule has 15 rings (SSSR count). The van der Waals surface area contributed by atoms with E-state index in [1.54, 1.807) is 115 Å². The summed E-state index contributed by atoms with van der Waals surface area (Å²) in [6.07, 6.45) is -14.2. The van der Waals surface area contributed by atoms with Crippen LogP contribution in [0.2, 0.25) is 15.1 Å². The van der Waals surface area contributed by atoms with Gasteiger partial charge in [-0.2, -0.15) is 65.9 Å². The molecule has 0 fully saturated rings. The first-order chi connectivity index (χ1) is 66.8. The Bertz CT molecular complexity index is 8170. The number of sulfone groups is 5. The Morgan fingerprint density at radius 1 is 0.257 bits per heavy atom. The minimum absolute atomic E-state index is 0.0719.